The fourth-order valence-corrected chi connectivity index (χ4v) is 1.82. The van der Waals surface area contributed by atoms with Crippen molar-refractivity contribution in [3.8, 4) is 0 Å². The van der Waals surface area contributed by atoms with Crippen molar-refractivity contribution < 1.29 is 5.21 Å². The second-order valence-corrected chi connectivity index (χ2v) is 3.36. The maximum atomic E-state index is 8.75. The molecule has 1 aliphatic rings. The number of nitrogens with zero attached hydrogens (tertiary/aromatic N) is 1. The molecule has 0 aliphatic heterocycles. The van der Waals surface area contributed by atoms with Crippen molar-refractivity contribution in [3.63, 3.8) is 0 Å². The second kappa shape index (κ2) is 4.96. The third kappa shape index (κ3) is 2.36. The molecule has 68 valence electrons. The SMILES string of the molecule is C/C=C/C(=N/O)C1CCCCC1. The fraction of sp³-hybridized carbons (Fsp3) is 0.700. The van der Waals surface area contributed by atoms with E-state index >= 15 is 0 Å². The zero-order chi connectivity index (χ0) is 8.81. The molecule has 0 aromatic rings. The molecule has 1 saturated carbocycles. The quantitative estimate of drug-likeness (QED) is 0.383. The molecule has 2 heteroatoms. The lowest BCUT2D eigenvalue weighted by Gasteiger charge is -2.20. The molecule has 0 bridgehead atoms. The van der Waals surface area contributed by atoms with Crippen LogP contribution in [-0.2, 0) is 0 Å². The lowest BCUT2D eigenvalue weighted by atomic mass is 9.86. The van der Waals surface area contributed by atoms with Crippen LogP contribution in [0.15, 0.2) is 17.3 Å². The van der Waals surface area contributed by atoms with Gasteiger partial charge in [0.1, 0.15) is 0 Å². The average Bonchev–Trinajstić information content (AvgIpc) is 2.15. The molecule has 0 aromatic heterocycles. The lowest BCUT2D eigenvalue weighted by Crippen LogP contribution is -2.15. The molecule has 1 rings (SSSR count). The smallest absolute Gasteiger partial charge is 0.0823 e. The van der Waals surface area contributed by atoms with Crippen LogP contribution in [0.4, 0.5) is 0 Å². The van der Waals surface area contributed by atoms with E-state index in [1.165, 1.54) is 32.1 Å². The van der Waals surface area contributed by atoms with Gasteiger partial charge in [0, 0.05) is 5.92 Å². The van der Waals surface area contributed by atoms with Crippen LogP contribution in [0.2, 0.25) is 0 Å². The topological polar surface area (TPSA) is 32.6 Å². The van der Waals surface area contributed by atoms with E-state index < -0.39 is 0 Å². The summed E-state index contributed by atoms with van der Waals surface area (Å²) < 4.78 is 0. The Labute approximate surface area is 74.0 Å². The van der Waals surface area contributed by atoms with Crippen LogP contribution in [0, 0.1) is 5.92 Å². The first-order valence-electron chi connectivity index (χ1n) is 4.73. The van der Waals surface area contributed by atoms with Crippen LogP contribution in [-0.4, -0.2) is 10.9 Å². The molecule has 12 heavy (non-hydrogen) atoms. The highest BCUT2D eigenvalue weighted by Crippen LogP contribution is 2.25. The molecule has 0 atom stereocenters. The Balaban J connectivity index is 2.52. The van der Waals surface area contributed by atoms with E-state index in [1.807, 2.05) is 19.1 Å². The number of hydrogen-bond acceptors (Lipinski definition) is 2. The monoisotopic (exact) mass is 167 g/mol. The molecule has 1 aliphatic carbocycles. The summed E-state index contributed by atoms with van der Waals surface area (Å²) in [6, 6.07) is 0. The Morgan fingerprint density at radius 1 is 1.33 bits per heavy atom. The van der Waals surface area contributed by atoms with Gasteiger partial charge in [-0.2, -0.15) is 0 Å². The van der Waals surface area contributed by atoms with Gasteiger partial charge in [-0.25, -0.2) is 0 Å². The first-order chi connectivity index (χ1) is 5.88. The summed E-state index contributed by atoms with van der Waals surface area (Å²) in [7, 11) is 0. The molecule has 0 unspecified atom stereocenters. The zero-order valence-corrected chi connectivity index (χ0v) is 7.66. The molecule has 0 spiro atoms. The highest BCUT2D eigenvalue weighted by molar-refractivity contribution is 5.96. The van der Waals surface area contributed by atoms with Crippen molar-refractivity contribution in [2.45, 2.75) is 39.0 Å². The van der Waals surface area contributed by atoms with E-state index in [0.29, 0.717) is 5.92 Å². The molecular weight excluding hydrogens is 150 g/mol. The minimum atomic E-state index is 0.500. The van der Waals surface area contributed by atoms with Gasteiger partial charge in [0.25, 0.3) is 0 Å². The highest BCUT2D eigenvalue weighted by Gasteiger charge is 2.17. The van der Waals surface area contributed by atoms with Crippen molar-refractivity contribution in [3.05, 3.63) is 12.2 Å². The molecule has 0 radical (unpaired) electrons. The van der Waals surface area contributed by atoms with E-state index in [0.717, 1.165) is 5.71 Å². The first-order valence-corrected chi connectivity index (χ1v) is 4.73. The number of hydrogen-bond donors (Lipinski definition) is 1. The second-order valence-electron chi connectivity index (χ2n) is 3.36. The number of rotatable bonds is 2. The van der Waals surface area contributed by atoms with Gasteiger partial charge >= 0.3 is 0 Å². The van der Waals surface area contributed by atoms with E-state index in [1.54, 1.807) is 0 Å². The van der Waals surface area contributed by atoms with Gasteiger partial charge in [-0.3, -0.25) is 0 Å². The molecule has 0 amide bonds. The number of allylic oxidation sites excluding steroid dienone is 2. The first kappa shape index (κ1) is 9.30. The maximum Gasteiger partial charge on any atom is 0.0823 e. The summed E-state index contributed by atoms with van der Waals surface area (Å²) in [6.07, 6.45) is 10.1. The third-order valence-corrected chi connectivity index (χ3v) is 2.48. The normalized spacial score (nSPS) is 21.9. The van der Waals surface area contributed by atoms with Crippen molar-refractivity contribution in [1.29, 1.82) is 0 Å². The van der Waals surface area contributed by atoms with E-state index in [-0.39, 0.29) is 0 Å². The lowest BCUT2D eigenvalue weighted by molar-refractivity contribution is 0.311. The van der Waals surface area contributed by atoms with Crippen LogP contribution in [0.5, 0.6) is 0 Å². The van der Waals surface area contributed by atoms with E-state index in [4.69, 9.17) is 5.21 Å². The average molecular weight is 167 g/mol. The fourth-order valence-electron chi connectivity index (χ4n) is 1.82. The molecule has 0 heterocycles. The maximum absolute atomic E-state index is 8.75. The summed E-state index contributed by atoms with van der Waals surface area (Å²) in [5, 5.41) is 12.1. The van der Waals surface area contributed by atoms with E-state index in [9.17, 15) is 0 Å². The van der Waals surface area contributed by atoms with Gasteiger partial charge in [0.2, 0.25) is 0 Å². The minimum absolute atomic E-state index is 0.500. The minimum Gasteiger partial charge on any atom is -0.411 e. The van der Waals surface area contributed by atoms with Gasteiger partial charge in [0.05, 0.1) is 5.71 Å². The standard InChI is InChI=1S/C10H17NO/c1-2-6-10(11-12)9-7-4-3-5-8-9/h2,6,9,12H,3-5,7-8H2,1H3/b6-2+,11-10-. The predicted molar refractivity (Wildman–Crippen MR) is 50.6 cm³/mol. The Hall–Kier alpha value is -0.790. The Morgan fingerprint density at radius 3 is 2.50 bits per heavy atom. The van der Waals surface area contributed by atoms with Crippen molar-refractivity contribution in [1.82, 2.24) is 0 Å². The molecular formula is C10H17NO. The van der Waals surface area contributed by atoms with Crippen molar-refractivity contribution in [2.75, 3.05) is 0 Å². The Bertz CT molecular complexity index is 178. The zero-order valence-electron chi connectivity index (χ0n) is 7.66. The van der Waals surface area contributed by atoms with Gasteiger partial charge in [0.15, 0.2) is 0 Å². The molecule has 0 aromatic carbocycles. The summed E-state index contributed by atoms with van der Waals surface area (Å²) in [4.78, 5) is 0. The van der Waals surface area contributed by atoms with Gasteiger partial charge < -0.3 is 5.21 Å². The molecule has 0 saturated heterocycles. The van der Waals surface area contributed by atoms with Crippen LogP contribution in [0.25, 0.3) is 0 Å². The summed E-state index contributed by atoms with van der Waals surface area (Å²) in [6.45, 7) is 1.95. The molecule has 1 N–H and O–H groups in total. The number of oxime groups is 1. The van der Waals surface area contributed by atoms with Crippen molar-refractivity contribution >= 4 is 5.71 Å². The van der Waals surface area contributed by atoms with Gasteiger partial charge in [-0.05, 0) is 25.8 Å². The van der Waals surface area contributed by atoms with Crippen LogP contribution < -0.4 is 0 Å². The highest BCUT2D eigenvalue weighted by atomic mass is 16.4. The van der Waals surface area contributed by atoms with Gasteiger partial charge in [-0.15, -0.1) is 0 Å². The van der Waals surface area contributed by atoms with Gasteiger partial charge in [-0.1, -0.05) is 30.5 Å². The van der Waals surface area contributed by atoms with Crippen LogP contribution in [0.3, 0.4) is 0 Å². The third-order valence-electron chi connectivity index (χ3n) is 2.48. The summed E-state index contributed by atoms with van der Waals surface area (Å²) in [5.74, 6) is 0.500. The summed E-state index contributed by atoms with van der Waals surface area (Å²) >= 11 is 0. The molecule has 1 fully saturated rings. The predicted octanol–water partition coefficient (Wildman–Crippen LogP) is 2.97. The van der Waals surface area contributed by atoms with Crippen molar-refractivity contribution in [2.24, 2.45) is 11.1 Å². The van der Waals surface area contributed by atoms with E-state index in [2.05, 4.69) is 5.16 Å². The largest absolute Gasteiger partial charge is 0.411 e. The summed E-state index contributed by atoms with van der Waals surface area (Å²) in [5.41, 5.74) is 0.859. The Morgan fingerprint density at radius 2 is 2.00 bits per heavy atom. The van der Waals surface area contributed by atoms with Crippen LogP contribution >= 0.6 is 0 Å². The Kier molecular flexibility index (Phi) is 3.85. The van der Waals surface area contributed by atoms with Crippen LogP contribution in [0.1, 0.15) is 39.0 Å². The molecule has 2 nitrogen and oxygen atoms in total.